The molecule has 1 atom stereocenters. The first-order valence-electron chi connectivity index (χ1n) is 7.96. The summed E-state index contributed by atoms with van der Waals surface area (Å²) in [5.74, 6) is 0.663. The molecule has 10 heteroatoms. The number of rotatable bonds is 8. The lowest BCUT2D eigenvalue weighted by Gasteiger charge is -2.17. The lowest BCUT2D eigenvalue weighted by molar-refractivity contribution is 0.581. The summed E-state index contributed by atoms with van der Waals surface area (Å²) in [7, 11) is -1.71. The van der Waals surface area contributed by atoms with Crippen molar-refractivity contribution >= 4 is 62.6 Å². The third-order valence-corrected chi connectivity index (χ3v) is 7.26. The van der Waals surface area contributed by atoms with E-state index < -0.39 is 10.0 Å². The number of nitrogens with zero attached hydrogens (tertiary/aromatic N) is 1. The van der Waals surface area contributed by atoms with Crippen molar-refractivity contribution in [2.45, 2.75) is 30.5 Å². The van der Waals surface area contributed by atoms with Crippen molar-refractivity contribution in [1.82, 2.24) is 15.4 Å². The Kier molecular flexibility index (Phi) is 10.1. The predicted molar refractivity (Wildman–Crippen MR) is 122 cm³/mol. The number of hydrogen-bond acceptors (Lipinski definition) is 5. The molecule has 1 unspecified atom stereocenters. The Balaban J connectivity index is 0.00000338. The monoisotopic (exact) mass is 528 g/mol. The predicted octanol–water partition coefficient (Wildman–Crippen LogP) is 2.81. The van der Waals surface area contributed by atoms with E-state index in [2.05, 4.69) is 46.3 Å². The number of nitrogens with one attached hydrogen (secondary N) is 3. The highest BCUT2D eigenvalue weighted by atomic mass is 127. The molecule has 26 heavy (non-hydrogen) atoms. The minimum atomic E-state index is -3.41. The number of halogens is 1. The minimum absolute atomic E-state index is 0. The van der Waals surface area contributed by atoms with Gasteiger partial charge in [-0.1, -0.05) is 6.07 Å². The first-order valence-corrected chi connectivity index (χ1v) is 11.1. The molecule has 6 nitrogen and oxygen atoms in total. The van der Waals surface area contributed by atoms with Gasteiger partial charge in [0.1, 0.15) is 4.21 Å². The Morgan fingerprint density at radius 3 is 2.62 bits per heavy atom. The lowest BCUT2D eigenvalue weighted by Crippen LogP contribution is -2.45. The lowest BCUT2D eigenvalue weighted by atomic mass is 10.2. The van der Waals surface area contributed by atoms with E-state index in [0.29, 0.717) is 23.3 Å². The van der Waals surface area contributed by atoms with Gasteiger partial charge in [-0.3, -0.25) is 4.99 Å². The number of aryl methyl sites for hydroxylation is 1. The van der Waals surface area contributed by atoms with Gasteiger partial charge < -0.3 is 10.6 Å². The fourth-order valence-corrected chi connectivity index (χ4v) is 5.32. The minimum Gasteiger partial charge on any atom is -0.355 e. The van der Waals surface area contributed by atoms with Gasteiger partial charge in [-0.25, -0.2) is 13.1 Å². The van der Waals surface area contributed by atoms with E-state index in [1.165, 1.54) is 21.1 Å². The normalized spacial score (nSPS) is 13.1. The van der Waals surface area contributed by atoms with E-state index in [9.17, 15) is 8.42 Å². The van der Waals surface area contributed by atoms with Crippen LogP contribution in [0.2, 0.25) is 0 Å². The molecule has 0 saturated carbocycles. The summed E-state index contributed by atoms with van der Waals surface area (Å²) < 4.78 is 26.9. The largest absolute Gasteiger partial charge is 0.355 e. The number of guanidine groups is 1. The van der Waals surface area contributed by atoms with E-state index in [1.807, 2.05) is 0 Å². The molecule has 2 rings (SSSR count). The van der Waals surface area contributed by atoms with Gasteiger partial charge in [-0.2, -0.15) is 0 Å². The molecule has 2 aromatic rings. The zero-order valence-corrected chi connectivity index (χ0v) is 19.8. The van der Waals surface area contributed by atoms with Crippen LogP contribution in [0.25, 0.3) is 0 Å². The van der Waals surface area contributed by atoms with Crippen molar-refractivity contribution < 1.29 is 8.42 Å². The smallest absolute Gasteiger partial charge is 0.250 e. The molecule has 0 saturated heterocycles. The van der Waals surface area contributed by atoms with Crippen molar-refractivity contribution in [1.29, 1.82) is 0 Å². The van der Waals surface area contributed by atoms with E-state index in [4.69, 9.17) is 0 Å². The molecule has 0 spiro atoms. The van der Waals surface area contributed by atoms with Gasteiger partial charge in [-0.15, -0.1) is 46.7 Å². The maximum atomic E-state index is 12.0. The highest BCUT2D eigenvalue weighted by molar-refractivity contribution is 14.0. The zero-order valence-electron chi connectivity index (χ0n) is 15.0. The van der Waals surface area contributed by atoms with Gasteiger partial charge in [0.2, 0.25) is 10.0 Å². The Morgan fingerprint density at radius 2 is 2.04 bits per heavy atom. The topological polar surface area (TPSA) is 82.6 Å². The van der Waals surface area contributed by atoms with E-state index in [1.54, 1.807) is 35.9 Å². The number of aliphatic imine (C=N–C) groups is 1. The summed E-state index contributed by atoms with van der Waals surface area (Å²) >= 11 is 3.00. The Hall–Kier alpha value is -0.690. The van der Waals surface area contributed by atoms with Crippen molar-refractivity contribution in [2.75, 3.05) is 20.1 Å². The average Bonchev–Trinajstić information content (AvgIpc) is 3.22. The first kappa shape index (κ1) is 23.3. The third kappa shape index (κ3) is 7.51. The van der Waals surface area contributed by atoms with Gasteiger partial charge in [-0.05, 0) is 37.4 Å². The Bertz CT molecular complexity index is 788. The van der Waals surface area contributed by atoms with Gasteiger partial charge in [0.15, 0.2) is 5.96 Å². The Labute approximate surface area is 180 Å². The second-order valence-electron chi connectivity index (χ2n) is 5.59. The molecular formula is C16H25IN4O2S3. The van der Waals surface area contributed by atoms with Crippen LogP contribution in [0.15, 0.2) is 38.8 Å². The summed E-state index contributed by atoms with van der Waals surface area (Å²) in [4.78, 5) is 6.82. The van der Waals surface area contributed by atoms with Crippen LogP contribution in [-0.4, -0.2) is 40.6 Å². The van der Waals surface area contributed by atoms with Crippen LogP contribution in [0, 0.1) is 6.92 Å². The molecule has 3 N–H and O–H groups in total. The SMILES string of the molecule is CN=C(NCCNS(=O)(=O)c1cccs1)NC(C)Cc1ccc(C)s1.I. The molecule has 0 aliphatic heterocycles. The molecule has 0 amide bonds. The van der Waals surface area contributed by atoms with Crippen LogP contribution >= 0.6 is 46.7 Å². The van der Waals surface area contributed by atoms with Gasteiger partial charge >= 0.3 is 0 Å². The van der Waals surface area contributed by atoms with Crippen LogP contribution in [0.5, 0.6) is 0 Å². The van der Waals surface area contributed by atoms with E-state index in [0.717, 1.165) is 6.42 Å². The number of hydrogen-bond donors (Lipinski definition) is 3. The third-order valence-electron chi connectivity index (χ3n) is 3.38. The summed E-state index contributed by atoms with van der Waals surface area (Å²) in [5.41, 5.74) is 0. The van der Waals surface area contributed by atoms with Crippen molar-refractivity contribution in [3.63, 3.8) is 0 Å². The average molecular weight is 529 g/mol. The van der Waals surface area contributed by atoms with Crippen LogP contribution in [0.4, 0.5) is 0 Å². The number of sulfonamides is 1. The molecule has 0 aliphatic rings. The van der Waals surface area contributed by atoms with E-state index >= 15 is 0 Å². The molecule has 0 aromatic carbocycles. The molecule has 0 fully saturated rings. The van der Waals surface area contributed by atoms with Crippen LogP contribution in [0.1, 0.15) is 16.7 Å². The molecule has 0 aliphatic carbocycles. The quantitative estimate of drug-likeness (QED) is 0.213. The highest BCUT2D eigenvalue weighted by Gasteiger charge is 2.14. The summed E-state index contributed by atoms with van der Waals surface area (Å²) in [6.45, 7) is 4.94. The molecule has 146 valence electrons. The van der Waals surface area contributed by atoms with E-state index in [-0.39, 0.29) is 30.0 Å². The van der Waals surface area contributed by atoms with Gasteiger partial charge in [0, 0.05) is 42.4 Å². The summed E-state index contributed by atoms with van der Waals surface area (Å²) in [6, 6.07) is 7.81. The molecular weight excluding hydrogens is 503 g/mol. The van der Waals surface area contributed by atoms with Gasteiger partial charge in [0.25, 0.3) is 0 Å². The maximum absolute atomic E-state index is 12.0. The maximum Gasteiger partial charge on any atom is 0.250 e. The second-order valence-corrected chi connectivity index (χ2v) is 9.90. The fraction of sp³-hybridized carbons (Fsp3) is 0.438. The van der Waals surface area contributed by atoms with Crippen molar-refractivity contribution in [3.8, 4) is 0 Å². The van der Waals surface area contributed by atoms with Crippen molar-refractivity contribution in [3.05, 3.63) is 39.4 Å². The van der Waals surface area contributed by atoms with Crippen LogP contribution < -0.4 is 15.4 Å². The fourth-order valence-electron chi connectivity index (χ4n) is 2.23. The first-order chi connectivity index (χ1) is 11.9. The molecule has 2 heterocycles. The van der Waals surface area contributed by atoms with Crippen molar-refractivity contribution in [2.24, 2.45) is 4.99 Å². The molecule has 2 aromatic heterocycles. The van der Waals surface area contributed by atoms with Gasteiger partial charge in [0.05, 0.1) is 0 Å². The van der Waals surface area contributed by atoms with Crippen LogP contribution in [-0.2, 0) is 16.4 Å². The standard InChI is InChI=1S/C16H24N4O2S3.HI/c1-12(11-14-7-6-13(2)24-14)20-16(17-3)18-8-9-19-25(21,22)15-5-4-10-23-15;/h4-7,10,12,19H,8-9,11H2,1-3H3,(H2,17,18,20);1H. The highest BCUT2D eigenvalue weighted by Crippen LogP contribution is 2.16. The second kappa shape index (κ2) is 11.2. The Morgan fingerprint density at radius 1 is 1.27 bits per heavy atom. The molecule has 0 bridgehead atoms. The summed E-state index contributed by atoms with van der Waals surface area (Å²) in [6.07, 6.45) is 0.921. The van der Waals surface area contributed by atoms with Crippen LogP contribution in [0.3, 0.4) is 0 Å². The zero-order chi connectivity index (χ0) is 18.3. The molecule has 0 radical (unpaired) electrons. The summed E-state index contributed by atoms with van der Waals surface area (Å²) in [5, 5.41) is 8.19. The number of thiophene rings is 2.